The molecule has 0 heterocycles. The van der Waals surface area contributed by atoms with Crippen LogP contribution < -0.4 is 0 Å². The molecule has 0 aromatic heterocycles. The second kappa shape index (κ2) is 14.5. The lowest BCUT2D eigenvalue weighted by Gasteiger charge is -2.33. The molecule has 33 heavy (non-hydrogen) atoms. The maximum atomic E-state index is 14.1. The van der Waals surface area contributed by atoms with Gasteiger partial charge in [-0.05, 0) is 18.9 Å². The van der Waals surface area contributed by atoms with Crippen molar-refractivity contribution in [1.82, 2.24) is 0 Å². The van der Waals surface area contributed by atoms with Crippen molar-refractivity contribution >= 4 is 11.9 Å². The molecule has 0 saturated carbocycles. The molecule has 1 aromatic rings. The van der Waals surface area contributed by atoms with Crippen LogP contribution in [-0.2, 0) is 29.4 Å². The first-order chi connectivity index (χ1) is 15.7. The van der Waals surface area contributed by atoms with Crippen molar-refractivity contribution in [3.63, 3.8) is 0 Å². The Balaban J connectivity index is 3.07. The molecule has 0 unspecified atom stereocenters. The molecule has 0 spiro atoms. The highest BCUT2D eigenvalue weighted by molar-refractivity contribution is 5.83. The van der Waals surface area contributed by atoms with E-state index >= 15 is 0 Å². The zero-order chi connectivity index (χ0) is 24.7. The number of hydrogen-bond acceptors (Lipinski definition) is 5. The van der Waals surface area contributed by atoms with Gasteiger partial charge in [0.1, 0.15) is 6.10 Å². The van der Waals surface area contributed by atoms with Crippen LogP contribution in [0.25, 0.3) is 0 Å². The van der Waals surface area contributed by atoms with Crippen LogP contribution in [0.2, 0.25) is 0 Å². The molecule has 0 aliphatic heterocycles. The van der Waals surface area contributed by atoms with Gasteiger partial charge in [-0.3, -0.25) is 0 Å². The Kier molecular flexibility index (Phi) is 12.5. The maximum absolute atomic E-state index is 14.1. The van der Waals surface area contributed by atoms with Crippen LogP contribution >= 0.6 is 0 Å². The number of rotatable bonds is 14. The van der Waals surface area contributed by atoms with Crippen LogP contribution in [0.3, 0.4) is 0 Å². The van der Waals surface area contributed by atoms with Crippen LogP contribution in [0, 0.1) is 0 Å². The number of ether oxygens (including phenoxy) is 3. The summed E-state index contributed by atoms with van der Waals surface area (Å²) in [5.41, 5.74) is -3.61. The van der Waals surface area contributed by atoms with Gasteiger partial charge in [-0.2, -0.15) is 13.2 Å². The maximum Gasteiger partial charge on any atom is 0.432 e. The first-order valence-corrected chi connectivity index (χ1v) is 11.0. The van der Waals surface area contributed by atoms with Crippen molar-refractivity contribution in [3.8, 4) is 0 Å². The summed E-state index contributed by atoms with van der Waals surface area (Å²) in [5, 5.41) is 0. The second-order valence-corrected chi connectivity index (χ2v) is 7.52. The molecular formula is C25H33F3O5. The Morgan fingerprint density at radius 2 is 1.61 bits per heavy atom. The van der Waals surface area contributed by atoms with Crippen molar-refractivity contribution in [3.05, 3.63) is 60.2 Å². The van der Waals surface area contributed by atoms with Gasteiger partial charge in [-0.25, -0.2) is 9.59 Å². The summed E-state index contributed by atoms with van der Waals surface area (Å²) in [5.74, 6) is -2.12. The van der Waals surface area contributed by atoms with Crippen LogP contribution in [0.1, 0.15) is 57.4 Å². The van der Waals surface area contributed by atoms with Gasteiger partial charge in [0.05, 0.1) is 7.11 Å². The Morgan fingerprint density at radius 3 is 2.18 bits per heavy atom. The number of esters is 2. The highest BCUT2D eigenvalue weighted by atomic mass is 19.4. The van der Waals surface area contributed by atoms with Crippen LogP contribution in [-0.4, -0.2) is 38.4 Å². The largest absolute Gasteiger partial charge is 0.466 e. The number of unbranched alkanes of at least 4 members (excludes halogenated alkanes) is 5. The zero-order valence-electron chi connectivity index (χ0n) is 19.4. The topological polar surface area (TPSA) is 61.8 Å². The molecule has 0 fully saturated rings. The van der Waals surface area contributed by atoms with Crippen LogP contribution in [0.4, 0.5) is 13.2 Å². The summed E-state index contributed by atoms with van der Waals surface area (Å²) >= 11 is 0. The second-order valence-electron chi connectivity index (χ2n) is 7.52. The molecule has 0 aliphatic rings. The molecule has 5 nitrogen and oxygen atoms in total. The third-order valence-corrected chi connectivity index (χ3v) is 5.14. The number of carbonyl (C=O) groups is 2. The molecular weight excluding hydrogens is 437 g/mol. The predicted molar refractivity (Wildman–Crippen MR) is 119 cm³/mol. The summed E-state index contributed by atoms with van der Waals surface area (Å²) < 4.78 is 57.0. The van der Waals surface area contributed by atoms with E-state index in [2.05, 4.69) is 11.7 Å². The number of halogens is 3. The number of benzene rings is 1. The minimum Gasteiger partial charge on any atom is -0.466 e. The minimum absolute atomic E-state index is 0.340. The van der Waals surface area contributed by atoms with E-state index in [-0.39, 0.29) is 5.56 Å². The molecule has 0 radical (unpaired) electrons. The first-order valence-electron chi connectivity index (χ1n) is 11.0. The monoisotopic (exact) mass is 470 g/mol. The van der Waals surface area contributed by atoms with E-state index in [0.717, 1.165) is 45.3 Å². The third kappa shape index (κ3) is 8.68. The SMILES string of the molecule is CCCCCCCC[C@H](/C=C/C=C/C(=O)OC)OC(=O)[C@](OC)(c1ccccc1)C(F)(F)F. The lowest BCUT2D eigenvalue weighted by Crippen LogP contribution is -2.52. The van der Waals surface area contributed by atoms with Gasteiger partial charge < -0.3 is 14.2 Å². The van der Waals surface area contributed by atoms with Crippen molar-refractivity contribution in [2.24, 2.45) is 0 Å². The van der Waals surface area contributed by atoms with E-state index in [9.17, 15) is 22.8 Å². The summed E-state index contributed by atoms with van der Waals surface area (Å²) in [4.78, 5) is 24.1. The lowest BCUT2D eigenvalue weighted by molar-refractivity contribution is -0.277. The van der Waals surface area contributed by atoms with Gasteiger partial charge in [-0.15, -0.1) is 0 Å². The average Bonchev–Trinajstić information content (AvgIpc) is 2.79. The predicted octanol–water partition coefficient (Wildman–Crippen LogP) is 6.04. The molecule has 8 heteroatoms. The van der Waals surface area contributed by atoms with Crippen LogP contribution in [0.5, 0.6) is 0 Å². The molecule has 0 amide bonds. The van der Waals surface area contributed by atoms with Crippen molar-refractivity contribution in [2.45, 2.75) is 69.8 Å². The number of methoxy groups -OCH3 is 2. The number of alkyl halides is 3. The summed E-state index contributed by atoms with van der Waals surface area (Å²) in [6.45, 7) is 2.11. The Bertz CT molecular complexity index is 774. The van der Waals surface area contributed by atoms with E-state index in [1.807, 2.05) is 0 Å². The Hall–Kier alpha value is -2.61. The number of allylic oxidation sites excluding steroid dienone is 2. The third-order valence-electron chi connectivity index (χ3n) is 5.14. The molecule has 1 aromatic carbocycles. The van der Waals surface area contributed by atoms with Gasteiger partial charge >= 0.3 is 18.1 Å². The highest BCUT2D eigenvalue weighted by Gasteiger charge is 2.64. The van der Waals surface area contributed by atoms with E-state index < -0.39 is 29.8 Å². The van der Waals surface area contributed by atoms with Crippen molar-refractivity contribution < 1.29 is 37.0 Å². The Labute approximate surface area is 193 Å². The van der Waals surface area contributed by atoms with Crippen molar-refractivity contribution in [1.29, 1.82) is 0 Å². The quantitative estimate of drug-likeness (QED) is 0.144. The average molecular weight is 471 g/mol. The molecule has 0 saturated heterocycles. The van der Waals surface area contributed by atoms with Crippen LogP contribution in [0.15, 0.2) is 54.6 Å². The smallest absolute Gasteiger partial charge is 0.432 e. The fourth-order valence-corrected chi connectivity index (χ4v) is 3.32. The normalized spacial score (nSPS) is 14.8. The van der Waals surface area contributed by atoms with Crippen molar-refractivity contribution in [2.75, 3.05) is 14.2 Å². The van der Waals surface area contributed by atoms with Gasteiger partial charge in [0, 0.05) is 18.7 Å². The van der Waals surface area contributed by atoms with Gasteiger partial charge in [-0.1, -0.05) is 81.5 Å². The fraction of sp³-hybridized carbons (Fsp3) is 0.520. The standard InChI is InChI=1S/C25H33F3O5/c1-4-5-6-7-8-12-17-21(18-13-14-19-22(29)31-2)33-23(30)24(32-3,25(26,27)28)20-15-10-9-11-16-20/h9-11,13-16,18-19,21H,4-8,12,17H2,1-3H3/b18-13+,19-14+/t21-,24-/m1/s1. The molecule has 0 N–H and O–H groups in total. The highest BCUT2D eigenvalue weighted by Crippen LogP contribution is 2.43. The van der Waals surface area contributed by atoms with Gasteiger partial charge in [0.15, 0.2) is 0 Å². The molecule has 0 bridgehead atoms. The summed E-state index contributed by atoms with van der Waals surface area (Å²) in [7, 11) is 2.06. The molecule has 0 aliphatic carbocycles. The number of carbonyl (C=O) groups excluding carboxylic acids is 2. The van der Waals surface area contributed by atoms with Gasteiger partial charge in [0.25, 0.3) is 5.60 Å². The Morgan fingerprint density at radius 1 is 0.970 bits per heavy atom. The minimum atomic E-state index is -5.04. The fourth-order valence-electron chi connectivity index (χ4n) is 3.32. The summed E-state index contributed by atoms with van der Waals surface area (Å²) in [6, 6.07) is 6.69. The van der Waals surface area contributed by atoms with E-state index in [0.29, 0.717) is 12.8 Å². The summed E-state index contributed by atoms with van der Waals surface area (Å²) in [6.07, 6.45) is 5.62. The molecule has 2 atom stereocenters. The molecule has 1 rings (SSSR count). The lowest BCUT2D eigenvalue weighted by atomic mass is 9.92. The van der Waals surface area contributed by atoms with Gasteiger partial charge in [0.2, 0.25) is 0 Å². The van der Waals surface area contributed by atoms with E-state index in [4.69, 9.17) is 9.47 Å². The number of hydrogen-bond donors (Lipinski definition) is 0. The van der Waals surface area contributed by atoms with E-state index in [1.165, 1.54) is 49.6 Å². The van der Waals surface area contributed by atoms with E-state index in [1.54, 1.807) is 6.07 Å². The first kappa shape index (κ1) is 28.4. The molecule has 184 valence electrons. The zero-order valence-corrected chi connectivity index (χ0v) is 19.4.